The zero-order valence-electron chi connectivity index (χ0n) is 13.7. The van der Waals surface area contributed by atoms with E-state index in [9.17, 15) is 9.18 Å². The fourth-order valence-electron chi connectivity index (χ4n) is 2.59. The van der Waals surface area contributed by atoms with Crippen molar-refractivity contribution in [3.8, 4) is 0 Å². The number of urea groups is 1. The number of aromatic nitrogens is 2. The smallest absolute Gasteiger partial charge is 0.321 e. The van der Waals surface area contributed by atoms with Crippen LogP contribution in [0.5, 0.6) is 0 Å². The third-order valence-electron chi connectivity index (χ3n) is 3.91. The molecule has 7 nitrogen and oxygen atoms in total. The molecule has 1 aliphatic rings. The van der Waals surface area contributed by atoms with Crippen LogP contribution in [0.15, 0.2) is 22.7 Å². The molecular formula is C16H18ClFN4O3. The number of hydrogen-bond donors (Lipinski definition) is 1. The molecule has 9 heteroatoms. The van der Waals surface area contributed by atoms with E-state index in [2.05, 4.69) is 15.5 Å². The van der Waals surface area contributed by atoms with Crippen molar-refractivity contribution >= 4 is 23.3 Å². The molecule has 134 valence electrons. The maximum Gasteiger partial charge on any atom is 0.321 e. The Kier molecular flexibility index (Phi) is 5.50. The highest BCUT2D eigenvalue weighted by molar-refractivity contribution is 6.31. The highest BCUT2D eigenvalue weighted by Crippen LogP contribution is 2.21. The van der Waals surface area contributed by atoms with Gasteiger partial charge in [0.2, 0.25) is 0 Å². The van der Waals surface area contributed by atoms with E-state index >= 15 is 0 Å². The number of ether oxygens (including phenoxy) is 1. The Bertz CT molecular complexity index is 747. The topological polar surface area (TPSA) is 80.5 Å². The summed E-state index contributed by atoms with van der Waals surface area (Å²) in [5.41, 5.74) is 0.460. The maximum atomic E-state index is 13.1. The number of benzene rings is 1. The van der Waals surface area contributed by atoms with Crippen molar-refractivity contribution in [2.45, 2.75) is 32.5 Å². The third kappa shape index (κ3) is 4.67. The molecule has 1 aromatic carbocycles. The van der Waals surface area contributed by atoms with Crippen LogP contribution < -0.4 is 5.32 Å². The second-order valence-corrected chi connectivity index (χ2v) is 6.20. The normalized spacial score (nSPS) is 15.4. The van der Waals surface area contributed by atoms with Gasteiger partial charge < -0.3 is 19.5 Å². The van der Waals surface area contributed by atoms with E-state index < -0.39 is 5.82 Å². The van der Waals surface area contributed by atoms with Crippen molar-refractivity contribution in [2.24, 2.45) is 0 Å². The van der Waals surface area contributed by atoms with Gasteiger partial charge in [0, 0.05) is 18.8 Å². The van der Waals surface area contributed by atoms with Crippen LogP contribution in [0.25, 0.3) is 0 Å². The molecule has 1 fully saturated rings. The largest absolute Gasteiger partial charge is 0.368 e. The summed E-state index contributed by atoms with van der Waals surface area (Å²) >= 11 is 5.72. The third-order valence-corrected chi connectivity index (χ3v) is 4.20. The Morgan fingerprint density at radius 1 is 1.48 bits per heavy atom. The molecule has 0 spiro atoms. The summed E-state index contributed by atoms with van der Waals surface area (Å²) < 4.78 is 23.9. The van der Waals surface area contributed by atoms with Gasteiger partial charge in [-0.25, -0.2) is 9.18 Å². The summed E-state index contributed by atoms with van der Waals surface area (Å²) in [6.45, 7) is 3.15. The predicted molar refractivity (Wildman–Crippen MR) is 88.8 cm³/mol. The van der Waals surface area contributed by atoms with E-state index in [1.54, 1.807) is 11.8 Å². The van der Waals surface area contributed by atoms with E-state index in [-0.39, 0.29) is 23.8 Å². The summed E-state index contributed by atoms with van der Waals surface area (Å²) in [4.78, 5) is 18.0. The molecule has 2 heterocycles. The van der Waals surface area contributed by atoms with Gasteiger partial charge in [-0.05, 0) is 38.0 Å². The zero-order chi connectivity index (χ0) is 17.8. The Hall–Kier alpha value is -2.19. The van der Waals surface area contributed by atoms with Gasteiger partial charge in [0.05, 0.1) is 11.1 Å². The van der Waals surface area contributed by atoms with Crippen molar-refractivity contribution < 1.29 is 18.4 Å². The van der Waals surface area contributed by atoms with E-state index in [4.69, 9.17) is 20.9 Å². The summed E-state index contributed by atoms with van der Waals surface area (Å²) in [5, 5.41) is 6.40. The number of halogens is 2. The van der Waals surface area contributed by atoms with Gasteiger partial charge in [-0.15, -0.1) is 0 Å². The number of likely N-dealkylation sites (tertiary alicyclic amines) is 1. The SMILES string of the molecule is Cc1noc(COC2CCN(C(=O)Nc3ccc(F)c(Cl)c3)CC2)n1. The van der Waals surface area contributed by atoms with Gasteiger partial charge in [0.1, 0.15) is 12.4 Å². The summed E-state index contributed by atoms with van der Waals surface area (Å²) in [5.74, 6) is 0.505. The van der Waals surface area contributed by atoms with Crippen LogP contribution in [-0.2, 0) is 11.3 Å². The fourth-order valence-corrected chi connectivity index (χ4v) is 2.77. The molecule has 2 amide bonds. The Labute approximate surface area is 149 Å². The maximum absolute atomic E-state index is 13.1. The molecule has 1 aliphatic heterocycles. The molecule has 0 bridgehead atoms. The highest BCUT2D eigenvalue weighted by atomic mass is 35.5. The monoisotopic (exact) mass is 368 g/mol. The average molecular weight is 369 g/mol. The van der Waals surface area contributed by atoms with Crippen molar-refractivity contribution in [3.05, 3.63) is 40.8 Å². The lowest BCUT2D eigenvalue weighted by Crippen LogP contribution is -2.43. The minimum absolute atomic E-state index is 0.0267. The van der Waals surface area contributed by atoms with Gasteiger partial charge >= 0.3 is 6.03 Å². The number of hydrogen-bond acceptors (Lipinski definition) is 5. The van der Waals surface area contributed by atoms with Crippen molar-refractivity contribution in [1.29, 1.82) is 0 Å². The van der Waals surface area contributed by atoms with Gasteiger partial charge in [-0.2, -0.15) is 4.98 Å². The molecule has 0 aliphatic carbocycles. The number of rotatable bonds is 4. The van der Waals surface area contributed by atoms with Crippen LogP contribution in [-0.4, -0.2) is 40.3 Å². The number of nitrogens with one attached hydrogen (secondary N) is 1. The quantitative estimate of drug-likeness (QED) is 0.894. The van der Waals surface area contributed by atoms with Gasteiger partial charge in [0.15, 0.2) is 5.82 Å². The first-order chi connectivity index (χ1) is 12.0. The molecule has 2 aromatic rings. The molecule has 0 atom stereocenters. The predicted octanol–water partition coefficient (Wildman–Crippen LogP) is 3.38. The Balaban J connectivity index is 1.44. The van der Waals surface area contributed by atoms with Gasteiger partial charge in [-0.1, -0.05) is 16.8 Å². The Morgan fingerprint density at radius 2 is 2.24 bits per heavy atom. The first kappa shape index (κ1) is 17.6. The van der Waals surface area contributed by atoms with E-state index in [0.717, 1.165) is 0 Å². The lowest BCUT2D eigenvalue weighted by atomic mass is 10.1. The lowest BCUT2D eigenvalue weighted by Gasteiger charge is -2.31. The minimum Gasteiger partial charge on any atom is -0.368 e. The summed E-state index contributed by atoms with van der Waals surface area (Å²) in [6, 6.07) is 3.84. The van der Waals surface area contributed by atoms with Crippen LogP contribution in [0.1, 0.15) is 24.6 Å². The molecule has 0 unspecified atom stereocenters. The summed E-state index contributed by atoms with van der Waals surface area (Å²) in [6.07, 6.45) is 1.46. The lowest BCUT2D eigenvalue weighted by molar-refractivity contribution is -0.00532. The number of carbonyl (C=O) groups is 1. The van der Waals surface area contributed by atoms with Gasteiger partial charge in [0.25, 0.3) is 5.89 Å². The molecule has 25 heavy (non-hydrogen) atoms. The van der Waals surface area contributed by atoms with Crippen LogP contribution >= 0.6 is 11.6 Å². The molecular weight excluding hydrogens is 351 g/mol. The summed E-state index contributed by atoms with van der Waals surface area (Å²) in [7, 11) is 0. The minimum atomic E-state index is -0.519. The van der Waals surface area contributed by atoms with Crippen LogP contribution in [0.3, 0.4) is 0 Å². The van der Waals surface area contributed by atoms with Crippen LogP contribution in [0, 0.1) is 12.7 Å². The van der Waals surface area contributed by atoms with E-state index in [1.165, 1.54) is 18.2 Å². The molecule has 1 aromatic heterocycles. The standard InChI is InChI=1S/C16H18ClFN4O3/c1-10-19-15(25-21-10)9-24-12-4-6-22(7-5-12)16(23)20-11-2-3-14(18)13(17)8-11/h2-3,8,12H,4-7,9H2,1H3,(H,20,23). The molecule has 0 saturated carbocycles. The van der Waals surface area contributed by atoms with Crippen molar-refractivity contribution in [1.82, 2.24) is 15.0 Å². The zero-order valence-corrected chi connectivity index (χ0v) is 14.4. The average Bonchev–Trinajstić information content (AvgIpc) is 3.02. The number of piperidine rings is 1. The fraction of sp³-hybridized carbons (Fsp3) is 0.438. The molecule has 1 saturated heterocycles. The number of anilines is 1. The van der Waals surface area contributed by atoms with Crippen molar-refractivity contribution in [3.63, 3.8) is 0 Å². The number of nitrogens with zero attached hydrogens (tertiary/aromatic N) is 3. The molecule has 0 radical (unpaired) electrons. The van der Waals surface area contributed by atoms with Crippen molar-refractivity contribution in [2.75, 3.05) is 18.4 Å². The van der Waals surface area contributed by atoms with Crippen LogP contribution in [0.2, 0.25) is 5.02 Å². The first-order valence-corrected chi connectivity index (χ1v) is 8.31. The van der Waals surface area contributed by atoms with Crippen LogP contribution in [0.4, 0.5) is 14.9 Å². The second-order valence-electron chi connectivity index (χ2n) is 5.79. The van der Waals surface area contributed by atoms with E-state index in [1.807, 2.05) is 0 Å². The highest BCUT2D eigenvalue weighted by Gasteiger charge is 2.24. The molecule has 3 rings (SSSR count). The molecule has 1 N–H and O–H groups in total. The van der Waals surface area contributed by atoms with Gasteiger partial charge in [-0.3, -0.25) is 0 Å². The Morgan fingerprint density at radius 3 is 2.88 bits per heavy atom. The number of amides is 2. The number of aryl methyl sites for hydroxylation is 1. The second kappa shape index (κ2) is 7.79. The van der Waals surface area contributed by atoms with E-state index in [0.29, 0.717) is 43.3 Å². The first-order valence-electron chi connectivity index (χ1n) is 7.93. The number of carbonyl (C=O) groups excluding carboxylic acids is 1.